The Labute approximate surface area is 137 Å². The Morgan fingerprint density at radius 1 is 1.22 bits per heavy atom. The van der Waals surface area contributed by atoms with Gasteiger partial charge in [-0.15, -0.1) is 0 Å². The van der Waals surface area contributed by atoms with Crippen molar-refractivity contribution in [3.05, 3.63) is 24.3 Å². The second-order valence-corrected chi connectivity index (χ2v) is 9.04. The van der Waals surface area contributed by atoms with Crippen LogP contribution in [0, 0.1) is 11.3 Å². The van der Waals surface area contributed by atoms with Gasteiger partial charge in [-0.05, 0) is 43.2 Å². The van der Waals surface area contributed by atoms with Crippen LogP contribution in [0.1, 0.15) is 32.6 Å². The highest BCUT2D eigenvalue weighted by Gasteiger charge is 2.59. The first-order valence-corrected chi connectivity index (χ1v) is 10.1. The number of hydrogen-bond donors (Lipinski definition) is 2. The fraction of sp³-hybridized carbons (Fsp3) is 0.588. The van der Waals surface area contributed by atoms with E-state index in [2.05, 4.69) is 17.6 Å². The molecule has 1 aliphatic heterocycles. The van der Waals surface area contributed by atoms with E-state index in [0.29, 0.717) is 12.8 Å². The molecule has 5 nitrogen and oxygen atoms in total. The van der Waals surface area contributed by atoms with Crippen molar-refractivity contribution >= 4 is 27.1 Å². The van der Waals surface area contributed by atoms with Crippen LogP contribution in [-0.4, -0.2) is 32.4 Å². The zero-order chi connectivity index (χ0) is 16.5. The van der Waals surface area contributed by atoms with Gasteiger partial charge in [0.2, 0.25) is 5.91 Å². The molecular weight excluding hydrogens is 312 g/mol. The van der Waals surface area contributed by atoms with E-state index in [-0.39, 0.29) is 28.7 Å². The smallest absolute Gasteiger partial charge is 0.228 e. The van der Waals surface area contributed by atoms with Gasteiger partial charge < -0.3 is 10.6 Å². The molecule has 2 aliphatic rings. The number of benzene rings is 1. The van der Waals surface area contributed by atoms with Crippen LogP contribution < -0.4 is 10.6 Å². The van der Waals surface area contributed by atoms with E-state index < -0.39 is 9.84 Å². The molecule has 0 radical (unpaired) electrons. The average Bonchev–Trinajstić information content (AvgIpc) is 3.25. The molecule has 1 aliphatic carbocycles. The molecule has 1 saturated heterocycles. The summed E-state index contributed by atoms with van der Waals surface area (Å²) in [6, 6.07) is 7.71. The minimum atomic E-state index is -2.88. The maximum Gasteiger partial charge on any atom is 0.228 e. The van der Waals surface area contributed by atoms with Crippen LogP contribution in [-0.2, 0) is 14.6 Å². The van der Waals surface area contributed by atoms with E-state index in [1.807, 2.05) is 24.3 Å². The van der Waals surface area contributed by atoms with Crippen molar-refractivity contribution in [2.24, 2.45) is 11.3 Å². The summed E-state index contributed by atoms with van der Waals surface area (Å²) in [5, 5.41) is 6.34. The number of rotatable bonds is 5. The molecule has 1 aromatic carbocycles. The first kappa shape index (κ1) is 16.3. The number of amides is 1. The van der Waals surface area contributed by atoms with Crippen LogP contribution >= 0.6 is 0 Å². The van der Waals surface area contributed by atoms with Crippen molar-refractivity contribution in [3.8, 4) is 0 Å². The first-order valence-electron chi connectivity index (χ1n) is 8.30. The summed E-state index contributed by atoms with van der Waals surface area (Å²) < 4.78 is 23.1. The molecule has 1 amide bonds. The average molecular weight is 336 g/mol. The van der Waals surface area contributed by atoms with Crippen LogP contribution in [0.15, 0.2) is 24.3 Å². The molecule has 1 aromatic rings. The van der Waals surface area contributed by atoms with Gasteiger partial charge in [-0.3, -0.25) is 4.79 Å². The number of anilines is 2. The summed E-state index contributed by atoms with van der Waals surface area (Å²) in [5.74, 6) is 0.434. The lowest BCUT2D eigenvalue weighted by Gasteiger charge is -2.22. The largest absolute Gasteiger partial charge is 0.383 e. The van der Waals surface area contributed by atoms with Crippen molar-refractivity contribution in [1.82, 2.24) is 0 Å². The van der Waals surface area contributed by atoms with E-state index >= 15 is 0 Å². The number of nitrogens with one attached hydrogen (secondary N) is 2. The quantitative estimate of drug-likeness (QED) is 0.867. The molecule has 6 heteroatoms. The number of sulfone groups is 1. The number of carbonyl (C=O) groups is 1. The lowest BCUT2D eigenvalue weighted by atomic mass is 9.96. The van der Waals surface area contributed by atoms with Gasteiger partial charge in [-0.1, -0.05) is 19.1 Å². The van der Waals surface area contributed by atoms with Gasteiger partial charge in [-0.2, -0.15) is 0 Å². The molecule has 0 aromatic heterocycles. The number of carbonyl (C=O) groups excluding carboxylic acids is 1. The molecule has 23 heavy (non-hydrogen) atoms. The second-order valence-electron chi connectivity index (χ2n) is 6.73. The van der Waals surface area contributed by atoms with Gasteiger partial charge in [0.1, 0.15) is 9.84 Å². The van der Waals surface area contributed by atoms with Gasteiger partial charge in [0.05, 0.1) is 22.9 Å². The zero-order valence-corrected chi connectivity index (χ0v) is 14.3. The fourth-order valence-electron chi connectivity index (χ4n) is 3.44. The zero-order valence-electron chi connectivity index (χ0n) is 13.5. The molecule has 1 atom stereocenters. The van der Waals surface area contributed by atoms with Gasteiger partial charge in [0.25, 0.3) is 0 Å². The Kier molecular flexibility index (Phi) is 4.36. The first-order chi connectivity index (χ1) is 11.0. The van der Waals surface area contributed by atoms with E-state index in [4.69, 9.17) is 0 Å². The molecule has 1 spiro atoms. The van der Waals surface area contributed by atoms with Crippen molar-refractivity contribution in [2.75, 3.05) is 28.7 Å². The van der Waals surface area contributed by atoms with Crippen LogP contribution in [0.2, 0.25) is 0 Å². The summed E-state index contributed by atoms with van der Waals surface area (Å²) >= 11 is 0. The highest BCUT2D eigenvalue weighted by Crippen LogP contribution is 2.60. The minimum absolute atomic E-state index is 0.0232. The van der Waals surface area contributed by atoms with E-state index in [9.17, 15) is 13.2 Å². The summed E-state index contributed by atoms with van der Waals surface area (Å²) in [6.07, 6.45) is 3.09. The van der Waals surface area contributed by atoms with E-state index in [1.54, 1.807) is 0 Å². The third-order valence-electron chi connectivity index (χ3n) is 5.08. The molecular formula is C17H24N2O3S. The predicted molar refractivity (Wildman–Crippen MR) is 92.3 cm³/mol. The summed E-state index contributed by atoms with van der Waals surface area (Å²) in [5.41, 5.74) is 1.67. The van der Waals surface area contributed by atoms with Gasteiger partial charge >= 0.3 is 0 Å². The number of hydrogen-bond acceptors (Lipinski definition) is 4. The monoisotopic (exact) mass is 336 g/mol. The standard InChI is InChI=1S/C17H24N2O3S/c1-2-9-18-14-5-3-4-6-15(14)19-16(20)13-12-17(13)7-10-23(21,22)11-8-17/h3-6,13,18H,2,7-12H2,1H3,(H,19,20)/t13-/m1/s1. The van der Waals surface area contributed by atoms with Crippen LogP contribution in [0.4, 0.5) is 11.4 Å². The van der Waals surface area contributed by atoms with E-state index in [1.165, 1.54) is 0 Å². The van der Waals surface area contributed by atoms with Crippen LogP contribution in [0.5, 0.6) is 0 Å². The molecule has 0 bridgehead atoms. The third-order valence-corrected chi connectivity index (χ3v) is 6.73. The molecule has 1 saturated carbocycles. The maximum atomic E-state index is 12.5. The lowest BCUT2D eigenvalue weighted by molar-refractivity contribution is -0.118. The van der Waals surface area contributed by atoms with Gasteiger partial charge in [0, 0.05) is 12.5 Å². The normalized spacial score (nSPS) is 24.1. The molecule has 126 valence electrons. The lowest BCUT2D eigenvalue weighted by Crippen LogP contribution is -2.28. The summed E-state index contributed by atoms with van der Waals surface area (Å²) in [4.78, 5) is 12.5. The minimum Gasteiger partial charge on any atom is -0.383 e. The molecule has 2 N–H and O–H groups in total. The Morgan fingerprint density at radius 3 is 2.52 bits per heavy atom. The number of para-hydroxylation sites is 2. The van der Waals surface area contributed by atoms with Crippen molar-refractivity contribution < 1.29 is 13.2 Å². The van der Waals surface area contributed by atoms with Crippen molar-refractivity contribution in [3.63, 3.8) is 0 Å². The van der Waals surface area contributed by atoms with Crippen molar-refractivity contribution in [1.29, 1.82) is 0 Å². The van der Waals surface area contributed by atoms with E-state index in [0.717, 1.165) is 30.8 Å². The Bertz CT molecular complexity index is 686. The van der Waals surface area contributed by atoms with Crippen LogP contribution in [0.25, 0.3) is 0 Å². The summed E-state index contributed by atoms with van der Waals surface area (Å²) in [7, 11) is -2.88. The maximum absolute atomic E-state index is 12.5. The molecule has 3 rings (SSSR count). The third kappa shape index (κ3) is 3.52. The Balaban J connectivity index is 1.63. The van der Waals surface area contributed by atoms with Gasteiger partial charge in [0.15, 0.2) is 0 Å². The highest BCUT2D eigenvalue weighted by atomic mass is 32.2. The topological polar surface area (TPSA) is 75.3 Å². The molecule has 1 heterocycles. The predicted octanol–water partition coefficient (Wildman–Crippen LogP) is 2.66. The second kappa shape index (κ2) is 6.15. The summed E-state index contributed by atoms with van der Waals surface area (Å²) in [6.45, 7) is 2.96. The van der Waals surface area contributed by atoms with Crippen LogP contribution in [0.3, 0.4) is 0 Å². The van der Waals surface area contributed by atoms with Crippen molar-refractivity contribution in [2.45, 2.75) is 32.6 Å². The Hall–Kier alpha value is -1.56. The highest BCUT2D eigenvalue weighted by molar-refractivity contribution is 7.91. The molecule has 2 fully saturated rings. The SMILES string of the molecule is CCCNc1ccccc1NC(=O)[C@H]1CC12CCS(=O)(=O)CC2. The Morgan fingerprint density at radius 2 is 1.87 bits per heavy atom. The molecule has 0 unspecified atom stereocenters. The van der Waals surface area contributed by atoms with Gasteiger partial charge in [-0.25, -0.2) is 8.42 Å². The fourth-order valence-corrected chi connectivity index (χ4v) is 5.08.